The van der Waals surface area contributed by atoms with Crippen molar-refractivity contribution in [3.63, 3.8) is 0 Å². The Morgan fingerprint density at radius 3 is 2.28 bits per heavy atom. The van der Waals surface area contributed by atoms with Gasteiger partial charge in [0.15, 0.2) is 0 Å². The minimum Gasteiger partial charge on any atom is -0.478 e. The van der Waals surface area contributed by atoms with Gasteiger partial charge >= 0.3 is 5.97 Å². The second-order valence-electron chi connectivity index (χ2n) is 19.1. The molecule has 8 rings (SSSR count). The smallest absolute Gasteiger partial charge is 0.335 e. The number of carbonyl (C=O) groups excluding carboxylic acids is 1. The molecule has 2 N–H and O–H groups in total. The number of nitrogens with zero attached hydrogens (tertiary/aromatic N) is 2. The number of nitrogens with one attached hydrogen (secondary N) is 1. The highest BCUT2D eigenvalue weighted by Crippen LogP contribution is 2.76. The molecule has 4 fully saturated rings. The molecular formula is C47H59N3O3. The number of hydrogen-bond donors (Lipinski definition) is 2. The van der Waals surface area contributed by atoms with E-state index in [1.165, 1.54) is 36.8 Å². The number of aromatic carboxylic acids is 1. The zero-order valence-corrected chi connectivity index (χ0v) is 32.8. The van der Waals surface area contributed by atoms with Gasteiger partial charge in [0.2, 0.25) is 5.91 Å². The number of carboxylic acids is 1. The molecule has 6 nitrogen and oxygen atoms in total. The van der Waals surface area contributed by atoms with Gasteiger partial charge in [-0.3, -0.25) is 9.48 Å². The van der Waals surface area contributed by atoms with E-state index >= 15 is 0 Å². The van der Waals surface area contributed by atoms with E-state index in [2.05, 4.69) is 76.7 Å². The van der Waals surface area contributed by atoms with Crippen molar-refractivity contribution in [2.45, 2.75) is 111 Å². The van der Waals surface area contributed by atoms with Crippen molar-refractivity contribution >= 4 is 17.4 Å². The number of aromatic nitrogens is 2. The van der Waals surface area contributed by atoms with Gasteiger partial charge in [-0.05, 0) is 145 Å². The van der Waals surface area contributed by atoms with E-state index in [-0.39, 0.29) is 39.7 Å². The average molecular weight is 714 g/mol. The molecule has 9 atom stereocenters. The zero-order chi connectivity index (χ0) is 37.6. The lowest BCUT2D eigenvalue weighted by molar-refractivity contribution is -0.219. The standard InChI is InChI=1S/C47H59N3O3/c1-30(2)35-19-24-47(49-40(51)29-50-28-34(27-48-50)31-11-9-8-10-12-31)26-25-45(6)37(41(35)47)17-18-39-44(5)22-20-36(32-13-15-33(16-14-32)42(52)53)43(3,4)38(44)21-23-46(39,45)7/h8-16,20,27-28,35,37-39,41H,1,17-19,21-26,29H2,2-7H3,(H,49,51)(H,52,53). The Bertz CT molecular complexity index is 1960. The summed E-state index contributed by atoms with van der Waals surface area (Å²) in [5.74, 6) is 1.71. The van der Waals surface area contributed by atoms with Crippen molar-refractivity contribution in [2.75, 3.05) is 0 Å². The Hall–Kier alpha value is -3.93. The molecule has 0 spiro atoms. The average Bonchev–Trinajstić information content (AvgIpc) is 3.74. The van der Waals surface area contributed by atoms with Crippen LogP contribution in [0.3, 0.4) is 0 Å². The fraction of sp³-hybridized carbons (Fsp3) is 0.553. The lowest BCUT2D eigenvalue weighted by atomic mass is 9.33. The molecule has 1 amide bonds. The van der Waals surface area contributed by atoms with Crippen molar-refractivity contribution < 1.29 is 14.7 Å². The van der Waals surface area contributed by atoms with E-state index < -0.39 is 5.97 Å². The Labute approximate surface area is 316 Å². The number of fused-ring (bicyclic) bond motifs is 7. The number of amides is 1. The highest BCUT2D eigenvalue weighted by molar-refractivity contribution is 5.88. The van der Waals surface area contributed by atoms with E-state index in [0.29, 0.717) is 35.2 Å². The molecule has 0 saturated heterocycles. The summed E-state index contributed by atoms with van der Waals surface area (Å²) in [4.78, 5) is 25.6. The summed E-state index contributed by atoms with van der Waals surface area (Å²) in [6.07, 6.45) is 16.6. The van der Waals surface area contributed by atoms with E-state index in [0.717, 1.165) is 48.8 Å². The van der Waals surface area contributed by atoms with Crippen LogP contribution in [0.4, 0.5) is 0 Å². The molecule has 5 aliphatic rings. The van der Waals surface area contributed by atoms with Gasteiger partial charge in [0.25, 0.3) is 0 Å². The first-order valence-corrected chi connectivity index (χ1v) is 20.2. The van der Waals surface area contributed by atoms with Crippen LogP contribution in [0.1, 0.15) is 115 Å². The molecule has 0 aliphatic heterocycles. The monoisotopic (exact) mass is 713 g/mol. The summed E-state index contributed by atoms with van der Waals surface area (Å²) in [5, 5.41) is 17.8. The number of rotatable bonds is 7. The van der Waals surface area contributed by atoms with E-state index in [1.807, 2.05) is 42.7 Å². The van der Waals surface area contributed by atoms with Crippen LogP contribution in [-0.2, 0) is 11.3 Å². The lowest BCUT2D eigenvalue weighted by Crippen LogP contribution is -2.68. The van der Waals surface area contributed by atoms with Crippen LogP contribution >= 0.6 is 0 Å². The zero-order valence-electron chi connectivity index (χ0n) is 32.8. The van der Waals surface area contributed by atoms with Crippen molar-refractivity contribution in [1.29, 1.82) is 0 Å². The molecule has 6 heteroatoms. The maximum Gasteiger partial charge on any atom is 0.335 e. The number of carboxylic acid groups (broad SMARTS) is 1. The summed E-state index contributed by atoms with van der Waals surface area (Å²) in [6, 6.07) is 17.8. The molecule has 0 bridgehead atoms. The summed E-state index contributed by atoms with van der Waals surface area (Å²) in [7, 11) is 0. The third-order valence-electron chi connectivity index (χ3n) is 16.5. The minimum atomic E-state index is -0.877. The first-order chi connectivity index (χ1) is 25.1. The quantitative estimate of drug-likeness (QED) is 0.239. The van der Waals surface area contributed by atoms with Crippen LogP contribution in [0.15, 0.2) is 85.2 Å². The normalized spacial score (nSPS) is 36.9. The van der Waals surface area contributed by atoms with Crippen LogP contribution in [0.25, 0.3) is 16.7 Å². The fourth-order valence-corrected chi connectivity index (χ4v) is 14.0. The lowest BCUT2D eigenvalue weighted by Gasteiger charge is -2.72. The predicted octanol–water partition coefficient (Wildman–Crippen LogP) is 10.5. The first kappa shape index (κ1) is 36.1. The highest BCUT2D eigenvalue weighted by Gasteiger charge is 2.70. The molecule has 53 heavy (non-hydrogen) atoms. The molecule has 4 saturated carbocycles. The third kappa shape index (κ3) is 5.43. The van der Waals surface area contributed by atoms with Gasteiger partial charge in [0.05, 0.1) is 11.8 Å². The molecule has 1 heterocycles. The molecule has 5 aliphatic carbocycles. The number of hydrogen-bond acceptors (Lipinski definition) is 3. The number of benzene rings is 2. The number of carbonyl (C=O) groups is 2. The summed E-state index contributed by atoms with van der Waals surface area (Å²) in [5.41, 5.74) is 6.63. The van der Waals surface area contributed by atoms with Gasteiger partial charge in [-0.1, -0.05) is 95.3 Å². The van der Waals surface area contributed by atoms with Crippen molar-refractivity contribution in [3.8, 4) is 11.1 Å². The second kappa shape index (κ2) is 12.6. The third-order valence-corrected chi connectivity index (χ3v) is 16.5. The topological polar surface area (TPSA) is 84.2 Å². The molecule has 2 aromatic carbocycles. The van der Waals surface area contributed by atoms with Gasteiger partial charge in [-0.2, -0.15) is 5.10 Å². The van der Waals surface area contributed by atoms with Crippen molar-refractivity contribution in [1.82, 2.24) is 15.1 Å². The van der Waals surface area contributed by atoms with Gasteiger partial charge in [0, 0.05) is 17.3 Å². The van der Waals surface area contributed by atoms with E-state index in [4.69, 9.17) is 0 Å². The molecule has 9 unspecified atom stereocenters. The predicted molar refractivity (Wildman–Crippen MR) is 212 cm³/mol. The van der Waals surface area contributed by atoms with E-state index in [1.54, 1.807) is 16.8 Å². The van der Waals surface area contributed by atoms with Gasteiger partial charge in [-0.25, -0.2) is 4.79 Å². The fourth-order valence-electron chi connectivity index (χ4n) is 14.0. The van der Waals surface area contributed by atoms with E-state index in [9.17, 15) is 14.7 Å². The first-order valence-electron chi connectivity index (χ1n) is 20.2. The molecule has 0 radical (unpaired) electrons. The van der Waals surface area contributed by atoms with Crippen molar-refractivity contribution in [2.24, 2.45) is 51.2 Å². The van der Waals surface area contributed by atoms with Crippen LogP contribution in [0.5, 0.6) is 0 Å². The van der Waals surface area contributed by atoms with Gasteiger partial charge in [0.1, 0.15) is 6.54 Å². The summed E-state index contributed by atoms with van der Waals surface area (Å²) in [6.45, 7) is 19.8. The van der Waals surface area contributed by atoms with Crippen molar-refractivity contribution in [3.05, 3.63) is 96.3 Å². The molecule has 1 aromatic heterocycles. The summed E-state index contributed by atoms with van der Waals surface area (Å²) < 4.78 is 1.80. The van der Waals surface area contributed by atoms with Gasteiger partial charge < -0.3 is 10.4 Å². The Balaban J connectivity index is 1.06. The van der Waals surface area contributed by atoms with Crippen LogP contribution in [0.2, 0.25) is 0 Å². The molecule has 3 aromatic rings. The summed E-state index contributed by atoms with van der Waals surface area (Å²) >= 11 is 0. The Kier molecular flexibility index (Phi) is 8.55. The highest BCUT2D eigenvalue weighted by atomic mass is 16.4. The maximum atomic E-state index is 14.0. The maximum absolute atomic E-state index is 14.0. The van der Waals surface area contributed by atoms with Crippen LogP contribution in [-0.4, -0.2) is 32.3 Å². The number of allylic oxidation sites excluding steroid dienone is 3. The SMILES string of the molecule is C=C(C)C1CCC2(NC(=O)Cn3cc(-c4ccccc4)cn3)CCC3(C)C(CCC4C5(C)CC=C(c6ccc(C(=O)O)cc6)C(C)(C)C5CCC43C)C12. The van der Waals surface area contributed by atoms with Gasteiger partial charge in [-0.15, -0.1) is 0 Å². The van der Waals surface area contributed by atoms with Crippen LogP contribution in [0, 0.1) is 51.2 Å². The largest absolute Gasteiger partial charge is 0.478 e. The second-order valence-corrected chi connectivity index (χ2v) is 19.1. The Morgan fingerprint density at radius 2 is 1.58 bits per heavy atom. The molecule has 280 valence electrons. The minimum absolute atomic E-state index is 0.0181. The Morgan fingerprint density at radius 1 is 0.849 bits per heavy atom. The molecular weight excluding hydrogens is 655 g/mol. The van der Waals surface area contributed by atoms with Crippen LogP contribution < -0.4 is 5.32 Å².